The van der Waals surface area contributed by atoms with Gasteiger partial charge in [0.2, 0.25) is 6.29 Å². The molecule has 8 aliphatic rings. The van der Waals surface area contributed by atoms with Crippen molar-refractivity contribution in [2.24, 2.45) is 40.9 Å². The molecular formula is C27H38O5. The van der Waals surface area contributed by atoms with Gasteiger partial charge in [0, 0.05) is 5.57 Å². The van der Waals surface area contributed by atoms with E-state index < -0.39 is 11.7 Å². The highest BCUT2D eigenvalue weighted by Crippen LogP contribution is 2.62. The molecule has 176 valence electrons. The average molecular weight is 443 g/mol. The second-order valence-electron chi connectivity index (χ2n) is 12.6. The van der Waals surface area contributed by atoms with Gasteiger partial charge in [-0.3, -0.25) is 4.79 Å². The molecule has 8 aliphatic carbocycles. The van der Waals surface area contributed by atoms with Crippen molar-refractivity contribution < 1.29 is 23.8 Å². The van der Waals surface area contributed by atoms with Crippen LogP contribution < -0.4 is 0 Å². The van der Waals surface area contributed by atoms with Crippen LogP contribution in [0.1, 0.15) is 84.5 Å². The molecule has 32 heavy (non-hydrogen) atoms. The van der Waals surface area contributed by atoms with Gasteiger partial charge in [-0.05, 0) is 120 Å². The van der Waals surface area contributed by atoms with E-state index in [-0.39, 0.29) is 35.5 Å². The maximum atomic E-state index is 13.5. The summed E-state index contributed by atoms with van der Waals surface area (Å²) in [5.41, 5.74) is -0.0250. The Morgan fingerprint density at radius 1 is 0.844 bits per heavy atom. The van der Waals surface area contributed by atoms with Gasteiger partial charge >= 0.3 is 11.9 Å². The lowest BCUT2D eigenvalue weighted by Gasteiger charge is -2.58. The fourth-order valence-corrected chi connectivity index (χ4v) is 9.47. The number of carbonyl (C=O) groups is 2. The van der Waals surface area contributed by atoms with Gasteiger partial charge in [0.15, 0.2) is 0 Å². The van der Waals surface area contributed by atoms with Crippen molar-refractivity contribution in [3.05, 3.63) is 12.2 Å². The lowest BCUT2D eigenvalue weighted by molar-refractivity contribution is -0.255. The van der Waals surface area contributed by atoms with Crippen LogP contribution in [0.2, 0.25) is 0 Å². The first-order valence-electron chi connectivity index (χ1n) is 13.0. The summed E-state index contributed by atoms with van der Waals surface area (Å²) in [6.07, 6.45) is 11.6. The molecule has 0 amide bonds. The fourth-order valence-electron chi connectivity index (χ4n) is 9.47. The SMILES string of the molecule is C=C(C)C(=O)OC1C2CC3CC1CC(C(=O)OC(C)OC14CC5CC(CC(C5)C1)C4)(C3)C2. The molecule has 0 aromatic rings. The lowest BCUT2D eigenvalue weighted by atomic mass is 9.48. The van der Waals surface area contributed by atoms with Gasteiger partial charge in [-0.2, -0.15) is 0 Å². The highest BCUT2D eigenvalue weighted by Gasteiger charge is 2.61. The third-order valence-corrected chi connectivity index (χ3v) is 9.88. The number of hydrogen-bond donors (Lipinski definition) is 0. The van der Waals surface area contributed by atoms with Crippen LogP contribution in [-0.4, -0.2) is 29.9 Å². The molecule has 3 unspecified atom stereocenters. The second kappa shape index (κ2) is 7.32. The van der Waals surface area contributed by atoms with Crippen LogP contribution in [0, 0.1) is 40.9 Å². The normalized spacial score (nSPS) is 48.5. The third kappa shape index (κ3) is 3.45. The minimum Gasteiger partial charge on any atom is -0.458 e. The quantitative estimate of drug-likeness (QED) is 0.322. The van der Waals surface area contributed by atoms with E-state index in [2.05, 4.69) is 6.58 Å². The Morgan fingerprint density at radius 2 is 1.38 bits per heavy atom. The molecule has 3 atom stereocenters. The first-order valence-corrected chi connectivity index (χ1v) is 13.0. The van der Waals surface area contributed by atoms with Crippen LogP contribution in [0.15, 0.2) is 12.2 Å². The molecule has 0 aliphatic heterocycles. The summed E-state index contributed by atoms with van der Waals surface area (Å²) in [5, 5.41) is 0. The van der Waals surface area contributed by atoms with Gasteiger partial charge in [-0.1, -0.05) is 6.58 Å². The van der Waals surface area contributed by atoms with Crippen molar-refractivity contribution in [2.75, 3.05) is 0 Å². The van der Waals surface area contributed by atoms with Crippen LogP contribution in [-0.2, 0) is 23.8 Å². The Balaban J connectivity index is 1.11. The molecule has 8 saturated carbocycles. The van der Waals surface area contributed by atoms with Gasteiger partial charge < -0.3 is 14.2 Å². The molecule has 0 aromatic heterocycles. The van der Waals surface area contributed by atoms with Crippen LogP contribution in [0.25, 0.3) is 0 Å². The Morgan fingerprint density at radius 3 is 1.91 bits per heavy atom. The van der Waals surface area contributed by atoms with E-state index in [1.807, 2.05) is 6.92 Å². The Labute approximate surface area is 191 Å². The van der Waals surface area contributed by atoms with Crippen LogP contribution in [0.5, 0.6) is 0 Å². The predicted molar refractivity (Wildman–Crippen MR) is 118 cm³/mol. The van der Waals surface area contributed by atoms with Gasteiger partial charge in [0.1, 0.15) is 6.10 Å². The molecule has 5 heteroatoms. The van der Waals surface area contributed by atoms with Crippen LogP contribution in [0.4, 0.5) is 0 Å². The van der Waals surface area contributed by atoms with Crippen molar-refractivity contribution in [3.8, 4) is 0 Å². The maximum Gasteiger partial charge on any atom is 0.333 e. The molecule has 8 rings (SSSR count). The number of carbonyl (C=O) groups excluding carboxylic acids is 2. The zero-order valence-electron chi connectivity index (χ0n) is 19.6. The summed E-state index contributed by atoms with van der Waals surface area (Å²) in [4.78, 5) is 25.7. The number of rotatable bonds is 6. The summed E-state index contributed by atoms with van der Waals surface area (Å²) >= 11 is 0. The van der Waals surface area contributed by atoms with Crippen molar-refractivity contribution >= 4 is 11.9 Å². The van der Waals surface area contributed by atoms with Crippen molar-refractivity contribution in [1.29, 1.82) is 0 Å². The van der Waals surface area contributed by atoms with E-state index in [1.54, 1.807) is 6.92 Å². The summed E-state index contributed by atoms with van der Waals surface area (Å²) in [7, 11) is 0. The van der Waals surface area contributed by atoms with E-state index in [0.29, 0.717) is 11.5 Å². The third-order valence-electron chi connectivity index (χ3n) is 9.88. The van der Waals surface area contributed by atoms with Crippen molar-refractivity contribution in [1.82, 2.24) is 0 Å². The van der Waals surface area contributed by atoms with E-state index in [9.17, 15) is 9.59 Å². The first kappa shape index (κ1) is 21.2. The van der Waals surface area contributed by atoms with Crippen LogP contribution >= 0.6 is 0 Å². The summed E-state index contributed by atoms with van der Waals surface area (Å²) in [6, 6.07) is 0. The van der Waals surface area contributed by atoms with Gasteiger partial charge in [-0.25, -0.2) is 4.79 Å². The second-order valence-corrected chi connectivity index (χ2v) is 12.6. The summed E-state index contributed by atoms with van der Waals surface area (Å²) in [5.74, 6) is 3.13. The molecule has 0 heterocycles. The van der Waals surface area contributed by atoms with Gasteiger partial charge in [-0.15, -0.1) is 0 Å². The smallest absolute Gasteiger partial charge is 0.333 e. The average Bonchev–Trinajstić information content (AvgIpc) is 2.68. The topological polar surface area (TPSA) is 61.8 Å². The molecule has 0 spiro atoms. The summed E-state index contributed by atoms with van der Waals surface area (Å²) < 4.78 is 18.4. The van der Waals surface area contributed by atoms with E-state index >= 15 is 0 Å². The molecule has 0 radical (unpaired) electrons. The fraction of sp³-hybridized carbons (Fsp3) is 0.852. The van der Waals surface area contributed by atoms with E-state index in [4.69, 9.17) is 14.2 Å². The molecule has 0 N–H and O–H groups in total. The monoisotopic (exact) mass is 442 g/mol. The molecule has 0 saturated heterocycles. The minimum atomic E-state index is -0.483. The molecule has 8 bridgehead atoms. The minimum absolute atomic E-state index is 0.0578. The number of esters is 2. The predicted octanol–water partition coefficient (Wildman–Crippen LogP) is 5.18. The molecule has 0 aromatic carbocycles. The standard InChI is InChI=1S/C27H38O5/c1-15(2)24(28)31-23-21-7-20-8-22(23)14-26(9-20,13-21)25(29)30-16(3)32-27-10-17-4-18(11-27)6-19(5-17)12-27/h16-23H,1,4-14H2,2-3H3. The highest BCUT2D eigenvalue weighted by molar-refractivity contribution is 5.87. The molecule has 8 fully saturated rings. The number of hydrogen-bond acceptors (Lipinski definition) is 5. The van der Waals surface area contributed by atoms with Gasteiger partial charge in [0.05, 0.1) is 11.0 Å². The number of ether oxygens (including phenoxy) is 3. The van der Waals surface area contributed by atoms with Crippen molar-refractivity contribution in [2.45, 2.75) is 102 Å². The van der Waals surface area contributed by atoms with E-state index in [0.717, 1.165) is 69.1 Å². The van der Waals surface area contributed by atoms with E-state index in [1.165, 1.54) is 19.3 Å². The van der Waals surface area contributed by atoms with Crippen molar-refractivity contribution in [3.63, 3.8) is 0 Å². The zero-order chi connectivity index (χ0) is 22.3. The molecule has 5 nitrogen and oxygen atoms in total. The first-order chi connectivity index (χ1) is 15.2. The zero-order valence-corrected chi connectivity index (χ0v) is 19.6. The largest absolute Gasteiger partial charge is 0.458 e. The highest BCUT2D eigenvalue weighted by atomic mass is 16.7. The lowest BCUT2D eigenvalue weighted by Crippen LogP contribution is -2.58. The Bertz CT molecular complexity index is 779. The molecular weight excluding hydrogens is 404 g/mol. The maximum absolute atomic E-state index is 13.5. The Hall–Kier alpha value is -1.36. The van der Waals surface area contributed by atoms with Crippen LogP contribution in [0.3, 0.4) is 0 Å². The summed E-state index contributed by atoms with van der Waals surface area (Å²) in [6.45, 7) is 7.35. The Kier molecular flexibility index (Phi) is 4.85. The van der Waals surface area contributed by atoms with Gasteiger partial charge in [0.25, 0.3) is 0 Å².